The van der Waals surface area contributed by atoms with Gasteiger partial charge in [-0.3, -0.25) is 5.41 Å². The summed E-state index contributed by atoms with van der Waals surface area (Å²) >= 11 is 0. The first kappa shape index (κ1) is 16.3. The summed E-state index contributed by atoms with van der Waals surface area (Å²) in [5, 5.41) is 6.06. The summed E-state index contributed by atoms with van der Waals surface area (Å²) in [6.07, 6.45) is 0. The van der Waals surface area contributed by atoms with Crippen LogP contribution in [0.25, 0.3) is 0 Å². The molecule has 0 saturated heterocycles. The molecule has 0 saturated carbocycles. The van der Waals surface area contributed by atoms with Crippen molar-refractivity contribution in [3.05, 3.63) is 0 Å². The molecule has 5 N–H and O–H groups in total. The van der Waals surface area contributed by atoms with Gasteiger partial charge in [-0.15, -0.1) is 0 Å². The van der Waals surface area contributed by atoms with Crippen molar-refractivity contribution in [3.8, 4) is 0 Å². The van der Waals surface area contributed by atoms with E-state index in [0.29, 0.717) is 0 Å². The predicted octanol–water partition coefficient (Wildman–Crippen LogP) is -1.54. The zero-order valence-corrected chi connectivity index (χ0v) is 5.69. The minimum atomic E-state index is -0.333. The Morgan fingerprint density at radius 2 is 1.33 bits per heavy atom. The van der Waals surface area contributed by atoms with E-state index in [2.05, 4.69) is 11.5 Å². The summed E-state index contributed by atoms with van der Waals surface area (Å²) in [7, 11) is 0. The van der Waals surface area contributed by atoms with Crippen molar-refractivity contribution in [2.45, 2.75) is 0 Å². The van der Waals surface area contributed by atoms with Crippen LogP contribution in [-0.2, 0) is 26.2 Å². The van der Waals surface area contributed by atoms with Crippen molar-refractivity contribution in [2.75, 3.05) is 0 Å². The normalized spacial score (nSPS) is 4.00. The Kier molecular flexibility index (Phi) is 24.4. The first-order valence-electron chi connectivity index (χ1n) is 0.827. The molecule has 0 aromatic rings. The molecule has 0 atom stereocenters. The fourth-order valence-corrected chi connectivity index (χ4v) is 0. The smallest absolute Gasteiger partial charge is 0.183 e. The van der Waals surface area contributed by atoms with Gasteiger partial charge in [0.05, 0.1) is 0 Å². The van der Waals surface area contributed by atoms with Gasteiger partial charge in [0, 0.05) is 34.6 Å². The Morgan fingerprint density at radius 3 is 1.33 bits per heavy atom. The molecule has 0 bridgehead atoms. The van der Waals surface area contributed by atoms with Gasteiger partial charge in [-0.1, -0.05) is 0 Å². The van der Waals surface area contributed by atoms with Gasteiger partial charge in [0.15, 0.2) is 5.96 Å². The molecule has 0 unspecified atom stereocenters. The van der Waals surface area contributed by atoms with Crippen LogP contribution < -0.4 is 11.5 Å². The third kappa shape index (κ3) is 919. The van der Waals surface area contributed by atoms with Crippen LogP contribution in [0.1, 0.15) is 0 Å². The predicted molar refractivity (Wildman–Crippen MR) is 21.9 cm³/mol. The number of hydrogen-bond donors (Lipinski definition) is 3. The largest absolute Gasteiger partial charge is 0.370 e. The maximum Gasteiger partial charge on any atom is 0.183 e. The van der Waals surface area contributed by atoms with Crippen molar-refractivity contribution < 1.29 is 26.2 Å². The van der Waals surface area contributed by atoms with Crippen molar-refractivity contribution >= 4 is 14.4 Å². The Bertz CT molecular complexity index is 33.8. The van der Waals surface area contributed by atoms with Gasteiger partial charge in [-0.2, -0.15) is 0 Å². The van der Waals surface area contributed by atoms with Crippen molar-refractivity contribution in [3.63, 3.8) is 0 Å². The minimum Gasteiger partial charge on any atom is -0.370 e. The second kappa shape index (κ2) is 8.96. The number of guanidine groups is 1. The molecule has 6 heavy (non-hydrogen) atoms. The fraction of sp³-hybridized carbons (Fsp3) is 0. The number of rotatable bonds is 0. The summed E-state index contributed by atoms with van der Waals surface area (Å²) in [6, 6.07) is 0. The van der Waals surface area contributed by atoms with Gasteiger partial charge in [-0.05, 0) is 0 Å². The molecule has 31 valence electrons. The van der Waals surface area contributed by atoms with E-state index < -0.39 is 0 Å². The summed E-state index contributed by atoms with van der Waals surface area (Å²) in [6.45, 7) is 0. The van der Waals surface area contributed by atoms with Gasteiger partial charge < -0.3 is 11.5 Å². The molecule has 5 heteroatoms. The molecule has 0 fully saturated rings. The Hall–Kier alpha value is 0.218. The van der Waals surface area contributed by atoms with Crippen LogP contribution in [0.3, 0.4) is 0 Å². The van der Waals surface area contributed by atoms with Crippen molar-refractivity contribution in [2.24, 2.45) is 11.5 Å². The van der Waals surface area contributed by atoms with Crippen LogP contribution in [0.4, 0.5) is 0 Å². The van der Waals surface area contributed by atoms with E-state index in [9.17, 15) is 0 Å². The molecule has 0 amide bonds. The molecule has 0 aliphatic rings. The van der Waals surface area contributed by atoms with E-state index in [1.807, 2.05) is 0 Å². The van der Waals surface area contributed by atoms with E-state index in [1.165, 1.54) is 0 Å². The van der Waals surface area contributed by atoms with Crippen LogP contribution in [0.15, 0.2) is 0 Å². The summed E-state index contributed by atoms with van der Waals surface area (Å²) in [5.74, 6) is -0.333. The zero-order chi connectivity index (χ0) is 3.58. The van der Waals surface area contributed by atoms with E-state index in [4.69, 9.17) is 5.41 Å². The van der Waals surface area contributed by atoms with Gasteiger partial charge in [0.2, 0.25) is 0 Å². The molecule has 0 spiro atoms. The molecule has 0 aliphatic carbocycles. The number of hydrogen-bond acceptors (Lipinski definition) is 1. The summed E-state index contributed by atoms with van der Waals surface area (Å²) in [5.41, 5.74) is 8.94. The molecule has 0 aromatic heterocycles. The maximum absolute atomic E-state index is 6.06. The third-order valence-corrected chi connectivity index (χ3v) is 0. The van der Waals surface area contributed by atoms with Crippen molar-refractivity contribution in [1.29, 1.82) is 5.41 Å². The van der Waals surface area contributed by atoms with E-state index in [1.54, 1.807) is 0 Å². The minimum absolute atomic E-state index is 0. The first-order valence-corrected chi connectivity index (χ1v) is 0.827. The zero-order valence-electron chi connectivity index (χ0n) is 3.23. The van der Waals surface area contributed by atoms with E-state index in [-0.39, 0.29) is 40.6 Å². The maximum atomic E-state index is 6.06. The van der Waals surface area contributed by atoms with E-state index in [0.717, 1.165) is 0 Å². The van der Waals surface area contributed by atoms with Gasteiger partial charge in [0.1, 0.15) is 0 Å². The van der Waals surface area contributed by atoms with Crippen LogP contribution in [0, 0.1) is 5.41 Å². The molecule has 3 radical (unpaired) electrons. The molecule has 0 heterocycles. The number of nitrogens with one attached hydrogen (secondary N) is 1. The Morgan fingerprint density at radius 1 is 1.33 bits per heavy atom. The van der Waals surface area contributed by atoms with Crippen LogP contribution >= 0.6 is 0 Å². The molecular formula is CH5BN3Zr. The fourth-order valence-electron chi connectivity index (χ4n) is 0. The quantitative estimate of drug-likeness (QED) is 0.228. The standard InChI is InChI=1S/CH5N3.B.Zr/c2-1(3)4;;/h(H5,2,3,4);;. The van der Waals surface area contributed by atoms with Gasteiger partial charge in [-0.25, -0.2) is 0 Å². The molecule has 3 nitrogen and oxygen atoms in total. The molecular weight excluding hydrogens is 156 g/mol. The molecule has 0 rings (SSSR count). The topological polar surface area (TPSA) is 75.9 Å². The van der Waals surface area contributed by atoms with Crippen LogP contribution in [0.5, 0.6) is 0 Å². The van der Waals surface area contributed by atoms with Gasteiger partial charge >= 0.3 is 0 Å². The van der Waals surface area contributed by atoms with Crippen molar-refractivity contribution in [1.82, 2.24) is 0 Å². The van der Waals surface area contributed by atoms with Crippen LogP contribution in [-0.4, -0.2) is 14.4 Å². The average molecular weight is 161 g/mol. The third-order valence-electron chi connectivity index (χ3n) is 0. The summed E-state index contributed by atoms with van der Waals surface area (Å²) in [4.78, 5) is 0. The number of nitrogens with two attached hydrogens (primary N) is 2. The van der Waals surface area contributed by atoms with Crippen LogP contribution in [0.2, 0.25) is 0 Å². The summed E-state index contributed by atoms with van der Waals surface area (Å²) < 4.78 is 0. The second-order valence-electron chi connectivity index (χ2n) is 0.455. The van der Waals surface area contributed by atoms with Gasteiger partial charge in [0.25, 0.3) is 0 Å². The molecule has 0 aliphatic heterocycles. The first-order chi connectivity index (χ1) is 1.73. The SMILES string of the molecule is N=C(N)N.[B].[Zr]. The monoisotopic (exact) mass is 160 g/mol. The van der Waals surface area contributed by atoms with E-state index >= 15 is 0 Å². The Labute approximate surface area is 57.7 Å². The average Bonchev–Trinajstić information content (AvgIpc) is 0.811. The Balaban J connectivity index is -0.0000000450. The molecule has 0 aromatic carbocycles. The second-order valence-corrected chi connectivity index (χ2v) is 0.455.